The molecular formula is C31H39N3O6S. The number of carbonyl (C=O) groups is 2. The Kier molecular flexibility index (Phi) is 11.2. The van der Waals surface area contributed by atoms with Gasteiger partial charge in [-0.05, 0) is 36.6 Å². The first-order valence-corrected chi connectivity index (χ1v) is 15.3. The maximum Gasteiger partial charge on any atom is 0.244 e. The summed E-state index contributed by atoms with van der Waals surface area (Å²) < 4.78 is 37.8. The van der Waals surface area contributed by atoms with Gasteiger partial charge in [-0.25, -0.2) is 8.42 Å². The second kappa shape index (κ2) is 14.5. The van der Waals surface area contributed by atoms with Crippen LogP contribution in [0.25, 0.3) is 0 Å². The van der Waals surface area contributed by atoms with E-state index in [-0.39, 0.29) is 30.3 Å². The van der Waals surface area contributed by atoms with Crippen LogP contribution in [0.1, 0.15) is 30.0 Å². The molecule has 9 nitrogen and oxygen atoms in total. The number of benzene rings is 3. The molecule has 3 rings (SSSR count). The van der Waals surface area contributed by atoms with E-state index in [1.165, 1.54) is 25.2 Å². The highest BCUT2D eigenvalue weighted by Gasteiger charge is 2.33. The number of hydrogen-bond donors (Lipinski definition) is 1. The van der Waals surface area contributed by atoms with E-state index in [0.29, 0.717) is 12.3 Å². The molecule has 0 saturated heterocycles. The van der Waals surface area contributed by atoms with Gasteiger partial charge in [0.2, 0.25) is 21.8 Å². The van der Waals surface area contributed by atoms with Crippen LogP contribution in [0.15, 0.2) is 72.8 Å². The van der Waals surface area contributed by atoms with E-state index in [0.717, 1.165) is 33.7 Å². The van der Waals surface area contributed by atoms with Gasteiger partial charge < -0.3 is 19.7 Å². The van der Waals surface area contributed by atoms with Crippen molar-refractivity contribution in [3.05, 3.63) is 89.5 Å². The molecule has 0 unspecified atom stereocenters. The van der Waals surface area contributed by atoms with Crippen LogP contribution in [-0.2, 0) is 32.6 Å². The van der Waals surface area contributed by atoms with Gasteiger partial charge in [-0.1, -0.05) is 67.1 Å². The molecule has 0 aliphatic heterocycles. The molecule has 41 heavy (non-hydrogen) atoms. The molecule has 3 aromatic rings. The molecule has 0 fully saturated rings. The van der Waals surface area contributed by atoms with Gasteiger partial charge in [-0.2, -0.15) is 0 Å². The van der Waals surface area contributed by atoms with E-state index in [1.807, 2.05) is 68.4 Å². The van der Waals surface area contributed by atoms with Gasteiger partial charge >= 0.3 is 0 Å². The minimum absolute atomic E-state index is 0.120. The summed E-state index contributed by atoms with van der Waals surface area (Å²) in [4.78, 5) is 29.2. The Balaban J connectivity index is 2.08. The molecule has 0 aromatic heterocycles. The lowest BCUT2D eigenvalue weighted by atomic mass is 10.0. The van der Waals surface area contributed by atoms with E-state index >= 15 is 0 Å². The molecule has 2 amide bonds. The number of nitrogens with zero attached hydrogens (tertiary/aromatic N) is 2. The quantitative estimate of drug-likeness (QED) is 0.309. The summed E-state index contributed by atoms with van der Waals surface area (Å²) in [5, 5.41) is 2.93. The van der Waals surface area contributed by atoms with Crippen molar-refractivity contribution < 1.29 is 27.5 Å². The second-order valence-electron chi connectivity index (χ2n) is 9.81. The summed E-state index contributed by atoms with van der Waals surface area (Å²) >= 11 is 0. The van der Waals surface area contributed by atoms with Crippen molar-refractivity contribution in [2.75, 3.05) is 37.9 Å². The van der Waals surface area contributed by atoms with E-state index in [9.17, 15) is 18.0 Å². The predicted octanol–water partition coefficient (Wildman–Crippen LogP) is 3.94. The number of amides is 2. The molecule has 0 spiro atoms. The fourth-order valence-corrected chi connectivity index (χ4v) is 5.37. The van der Waals surface area contributed by atoms with Crippen LogP contribution < -0.4 is 19.1 Å². The number of methoxy groups -OCH3 is 2. The largest absolute Gasteiger partial charge is 0.497 e. The Bertz CT molecular complexity index is 1430. The van der Waals surface area contributed by atoms with Crippen LogP contribution in [0.5, 0.6) is 11.5 Å². The first-order valence-electron chi connectivity index (χ1n) is 13.4. The predicted molar refractivity (Wildman–Crippen MR) is 161 cm³/mol. The van der Waals surface area contributed by atoms with Gasteiger partial charge in [0.1, 0.15) is 24.1 Å². The molecule has 0 bridgehead atoms. The van der Waals surface area contributed by atoms with Crippen molar-refractivity contribution in [1.29, 1.82) is 0 Å². The Hall–Kier alpha value is -4.05. The van der Waals surface area contributed by atoms with Crippen molar-refractivity contribution in [3.63, 3.8) is 0 Å². The molecular weight excluding hydrogens is 542 g/mol. The summed E-state index contributed by atoms with van der Waals surface area (Å²) in [5.41, 5.74) is 2.90. The number of rotatable bonds is 14. The number of aryl methyl sites for hydroxylation is 1. The molecule has 1 N–H and O–H groups in total. The van der Waals surface area contributed by atoms with Crippen molar-refractivity contribution in [1.82, 2.24) is 10.2 Å². The molecule has 0 aliphatic carbocycles. The molecule has 1 atom stereocenters. The molecule has 0 saturated carbocycles. The van der Waals surface area contributed by atoms with E-state index in [1.54, 1.807) is 12.1 Å². The average molecular weight is 582 g/mol. The van der Waals surface area contributed by atoms with E-state index < -0.39 is 28.5 Å². The van der Waals surface area contributed by atoms with Gasteiger partial charge in [0, 0.05) is 25.6 Å². The summed E-state index contributed by atoms with van der Waals surface area (Å²) in [6.07, 6.45) is 2.03. The number of hydrogen-bond acceptors (Lipinski definition) is 6. The van der Waals surface area contributed by atoms with Crippen LogP contribution >= 0.6 is 0 Å². The van der Waals surface area contributed by atoms with E-state index in [2.05, 4.69) is 5.32 Å². The second-order valence-corrected chi connectivity index (χ2v) is 11.7. The maximum absolute atomic E-state index is 14.2. The summed E-state index contributed by atoms with van der Waals surface area (Å²) in [7, 11) is -1.03. The standard InChI is InChI=1S/C31H39N3O6S/c1-6-17-32-31(36)28(19-24-12-8-7-9-13-24)33(21-25-14-10-11-23(2)18-25)30(35)22-34(41(5,37)38)27-16-15-26(39-3)20-29(27)40-4/h7-16,18,20,28H,6,17,19,21-22H2,1-5H3,(H,32,36)/t28-/m1/s1. The molecule has 0 aliphatic rings. The first kappa shape index (κ1) is 31.5. The van der Waals surface area contributed by atoms with Gasteiger partial charge in [0.25, 0.3) is 0 Å². The Labute approximate surface area is 243 Å². The number of carbonyl (C=O) groups excluding carboxylic acids is 2. The SMILES string of the molecule is CCCNC(=O)[C@@H](Cc1ccccc1)N(Cc1cccc(C)c1)C(=O)CN(c1ccc(OC)cc1OC)S(C)(=O)=O. The molecule has 3 aromatic carbocycles. The van der Waals surface area contributed by atoms with Crippen molar-refractivity contribution >= 4 is 27.5 Å². The van der Waals surface area contributed by atoms with Crippen LogP contribution in [0.4, 0.5) is 5.69 Å². The highest BCUT2D eigenvalue weighted by molar-refractivity contribution is 7.92. The molecule has 0 radical (unpaired) electrons. The Morgan fingerprint density at radius 1 is 0.927 bits per heavy atom. The van der Waals surface area contributed by atoms with Crippen LogP contribution in [0.3, 0.4) is 0 Å². The van der Waals surface area contributed by atoms with Crippen molar-refractivity contribution in [2.45, 2.75) is 39.3 Å². The lowest BCUT2D eigenvalue weighted by Crippen LogP contribution is -2.53. The minimum atomic E-state index is -3.93. The van der Waals surface area contributed by atoms with Crippen LogP contribution in [0.2, 0.25) is 0 Å². The maximum atomic E-state index is 14.2. The van der Waals surface area contributed by atoms with Crippen LogP contribution in [-0.4, -0.2) is 64.7 Å². The fraction of sp³-hybridized carbons (Fsp3) is 0.355. The number of sulfonamides is 1. The number of nitrogens with one attached hydrogen (secondary N) is 1. The summed E-state index contributed by atoms with van der Waals surface area (Å²) in [5.74, 6) is -0.122. The van der Waals surface area contributed by atoms with Gasteiger partial charge in [0.05, 0.1) is 26.2 Å². The normalized spacial score (nSPS) is 11.8. The zero-order chi connectivity index (χ0) is 30.0. The lowest BCUT2D eigenvalue weighted by Gasteiger charge is -2.33. The van der Waals surface area contributed by atoms with Gasteiger partial charge in [-0.15, -0.1) is 0 Å². The van der Waals surface area contributed by atoms with E-state index in [4.69, 9.17) is 9.47 Å². The van der Waals surface area contributed by atoms with Crippen molar-refractivity contribution in [2.24, 2.45) is 0 Å². The summed E-state index contributed by atoms with van der Waals surface area (Å²) in [6, 6.07) is 20.9. The topological polar surface area (TPSA) is 105 Å². The Morgan fingerprint density at radius 3 is 2.24 bits per heavy atom. The zero-order valence-electron chi connectivity index (χ0n) is 24.3. The van der Waals surface area contributed by atoms with Gasteiger partial charge in [-0.3, -0.25) is 13.9 Å². The third-order valence-electron chi connectivity index (χ3n) is 6.59. The zero-order valence-corrected chi connectivity index (χ0v) is 25.1. The number of ether oxygens (including phenoxy) is 2. The van der Waals surface area contributed by atoms with Crippen molar-refractivity contribution in [3.8, 4) is 11.5 Å². The smallest absolute Gasteiger partial charge is 0.244 e. The lowest BCUT2D eigenvalue weighted by molar-refractivity contribution is -0.140. The number of anilines is 1. The van der Waals surface area contributed by atoms with Gasteiger partial charge in [0.15, 0.2) is 0 Å². The molecule has 0 heterocycles. The molecule has 10 heteroatoms. The third-order valence-corrected chi connectivity index (χ3v) is 7.72. The summed E-state index contributed by atoms with van der Waals surface area (Å²) in [6.45, 7) is 3.95. The first-order chi connectivity index (χ1) is 19.6. The fourth-order valence-electron chi connectivity index (χ4n) is 4.51. The highest BCUT2D eigenvalue weighted by Crippen LogP contribution is 2.33. The third kappa shape index (κ3) is 8.72. The monoisotopic (exact) mass is 581 g/mol. The minimum Gasteiger partial charge on any atom is -0.497 e. The Morgan fingerprint density at radius 2 is 1.63 bits per heavy atom. The average Bonchev–Trinajstić information content (AvgIpc) is 2.96. The molecule has 220 valence electrons. The highest BCUT2D eigenvalue weighted by atomic mass is 32.2. The van der Waals surface area contributed by atoms with Crippen LogP contribution in [0, 0.1) is 6.92 Å².